The first-order valence-electron chi connectivity index (χ1n) is 39.8. The molecular formula is C83H144O16P2. The minimum Gasteiger partial charge on any atom is -0.463 e. The summed E-state index contributed by atoms with van der Waals surface area (Å²) in [6.07, 6.45) is 89.9. The van der Waals surface area contributed by atoms with Gasteiger partial charge in [0.15, 0.2) is 6.10 Å². The molecule has 0 rings (SSSR count). The van der Waals surface area contributed by atoms with Crippen LogP contribution in [-0.2, 0) is 55.8 Å². The maximum absolute atomic E-state index is 12.9. The van der Waals surface area contributed by atoms with E-state index in [-0.39, 0.29) is 19.3 Å². The van der Waals surface area contributed by atoms with Crippen LogP contribution in [0.2, 0.25) is 0 Å². The summed E-state index contributed by atoms with van der Waals surface area (Å²) in [6, 6.07) is 0. The van der Waals surface area contributed by atoms with Gasteiger partial charge >= 0.3 is 33.6 Å². The molecule has 582 valence electrons. The van der Waals surface area contributed by atoms with Gasteiger partial charge in [-0.25, -0.2) is 9.13 Å². The molecule has 0 aromatic carbocycles. The van der Waals surface area contributed by atoms with Gasteiger partial charge in [0.1, 0.15) is 25.4 Å². The normalized spacial score (nSPS) is 14.6. The van der Waals surface area contributed by atoms with E-state index in [0.717, 1.165) is 141 Å². The lowest BCUT2D eigenvalue weighted by molar-refractivity contribution is -0.161. The smallest absolute Gasteiger partial charge is 0.463 e. The molecule has 5 unspecified atom stereocenters. The summed E-state index contributed by atoms with van der Waals surface area (Å²) in [5.41, 5.74) is 0. The summed E-state index contributed by atoms with van der Waals surface area (Å²) in [5, 5.41) is 20.6. The molecule has 0 radical (unpaired) electrons. The van der Waals surface area contributed by atoms with Gasteiger partial charge in [-0.05, 0) is 128 Å². The number of allylic oxidation sites excluding steroid dienone is 20. The molecule has 0 fully saturated rings. The molecule has 0 aromatic rings. The molecule has 4 N–H and O–H groups in total. The average molecular weight is 1460 g/mol. The first kappa shape index (κ1) is 97.0. The highest BCUT2D eigenvalue weighted by Crippen LogP contribution is 2.45. The Morgan fingerprint density at radius 2 is 0.535 bits per heavy atom. The van der Waals surface area contributed by atoms with Gasteiger partial charge in [0.2, 0.25) is 0 Å². The summed E-state index contributed by atoms with van der Waals surface area (Å²) >= 11 is 0. The van der Waals surface area contributed by atoms with Crippen LogP contribution in [0.15, 0.2) is 122 Å². The summed E-state index contributed by atoms with van der Waals surface area (Å²) in [5.74, 6) is -1.60. The van der Waals surface area contributed by atoms with Gasteiger partial charge in [-0.15, -0.1) is 0 Å². The minimum absolute atomic E-state index is 0.0878. The Bertz CT molecular complexity index is 2320. The van der Waals surface area contributed by atoms with E-state index in [9.17, 15) is 43.5 Å². The van der Waals surface area contributed by atoms with Crippen molar-refractivity contribution >= 4 is 33.6 Å². The van der Waals surface area contributed by atoms with Crippen LogP contribution in [0, 0.1) is 0 Å². The fraction of sp³-hybridized carbons (Fsp3) is 0.723. The highest BCUT2D eigenvalue weighted by atomic mass is 31.2. The van der Waals surface area contributed by atoms with E-state index in [4.69, 9.17) is 32.3 Å². The highest BCUT2D eigenvalue weighted by molar-refractivity contribution is 7.47. The lowest BCUT2D eigenvalue weighted by atomic mass is 10.0. The maximum atomic E-state index is 12.9. The van der Waals surface area contributed by atoms with Crippen molar-refractivity contribution < 1.29 is 75.8 Å². The van der Waals surface area contributed by atoms with Crippen molar-refractivity contribution in [2.45, 2.75) is 347 Å². The largest absolute Gasteiger partial charge is 0.472 e. The fourth-order valence-corrected chi connectivity index (χ4v) is 12.1. The first-order chi connectivity index (χ1) is 49.2. The van der Waals surface area contributed by atoms with Gasteiger partial charge in [0.25, 0.3) is 0 Å². The van der Waals surface area contributed by atoms with Crippen molar-refractivity contribution in [1.82, 2.24) is 0 Å². The van der Waals surface area contributed by atoms with Gasteiger partial charge in [-0.1, -0.05) is 303 Å². The van der Waals surface area contributed by atoms with E-state index in [1.165, 1.54) is 128 Å². The quantitative estimate of drug-likeness (QED) is 0.0146. The number of aliphatic hydroxyl groups excluding tert-OH is 2. The van der Waals surface area contributed by atoms with Crippen LogP contribution in [-0.4, -0.2) is 95.9 Å². The molecule has 18 heteroatoms. The maximum Gasteiger partial charge on any atom is 0.472 e. The van der Waals surface area contributed by atoms with Crippen LogP contribution in [0.1, 0.15) is 329 Å². The summed E-state index contributed by atoms with van der Waals surface area (Å²) < 4.78 is 61.0. The van der Waals surface area contributed by atoms with E-state index < -0.39 is 91.5 Å². The van der Waals surface area contributed by atoms with Gasteiger partial charge in [0, 0.05) is 19.3 Å². The Labute approximate surface area is 614 Å². The SMILES string of the molecule is CC/C=C\C/C=C\C/C=C\C/C=C\C/C=C\CCCCCCCC(=O)OCC(COP(=O)(O)OCC(O)COP(=O)(O)OCC(O)COC(=O)CCCCCCCCCCCCCCCCCCC/C=C\C/C=C\C/C=C\C/C=C\CCCCC)OC(=O)CCCCCCC/C=C\CCCC. The molecule has 0 aliphatic carbocycles. The molecule has 0 saturated heterocycles. The number of aliphatic hydroxyl groups is 2. The second-order valence-corrected chi connectivity index (χ2v) is 29.4. The zero-order valence-corrected chi connectivity index (χ0v) is 65.3. The Morgan fingerprint density at radius 1 is 0.287 bits per heavy atom. The number of rotatable bonds is 75. The zero-order chi connectivity index (χ0) is 73.7. The monoisotopic (exact) mass is 1460 g/mol. The first-order valence-corrected chi connectivity index (χ1v) is 42.8. The molecule has 0 aliphatic rings. The number of carbonyl (C=O) groups is 3. The molecular weight excluding hydrogens is 1310 g/mol. The molecule has 5 atom stereocenters. The van der Waals surface area contributed by atoms with Gasteiger partial charge < -0.3 is 34.2 Å². The van der Waals surface area contributed by atoms with E-state index >= 15 is 0 Å². The summed E-state index contributed by atoms with van der Waals surface area (Å²) in [7, 11) is -9.79. The Hall–Kier alpha value is -4.05. The second-order valence-electron chi connectivity index (χ2n) is 26.5. The lowest BCUT2D eigenvalue weighted by Crippen LogP contribution is -2.30. The minimum atomic E-state index is -4.93. The number of hydrogen-bond donors (Lipinski definition) is 4. The predicted octanol–water partition coefficient (Wildman–Crippen LogP) is 23.3. The molecule has 0 aliphatic heterocycles. The van der Waals surface area contributed by atoms with E-state index in [1.54, 1.807) is 0 Å². The van der Waals surface area contributed by atoms with E-state index in [2.05, 4.69) is 142 Å². The summed E-state index contributed by atoms with van der Waals surface area (Å²) in [6.45, 7) is 2.47. The van der Waals surface area contributed by atoms with Crippen LogP contribution in [0.3, 0.4) is 0 Å². The number of ether oxygens (including phenoxy) is 3. The van der Waals surface area contributed by atoms with Crippen molar-refractivity contribution in [3.8, 4) is 0 Å². The molecule has 16 nitrogen and oxygen atoms in total. The molecule has 0 amide bonds. The number of unbranched alkanes of at least 4 members (excludes halogenated alkanes) is 32. The van der Waals surface area contributed by atoms with Crippen molar-refractivity contribution in [3.63, 3.8) is 0 Å². The third kappa shape index (κ3) is 76.9. The second kappa shape index (κ2) is 75.6. The van der Waals surface area contributed by atoms with Crippen LogP contribution in [0.4, 0.5) is 0 Å². The molecule has 0 spiro atoms. The Morgan fingerprint density at radius 3 is 0.871 bits per heavy atom. The molecule has 101 heavy (non-hydrogen) atoms. The number of phosphoric acid groups is 2. The van der Waals surface area contributed by atoms with E-state index in [1.807, 2.05) is 0 Å². The van der Waals surface area contributed by atoms with Crippen LogP contribution in [0.5, 0.6) is 0 Å². The van der Waals surface area contributed by atoms with Crippen molar-refractivity contribution in [2.24, 2.45) is 0 Å². The third-order valence-electron chi connectivity index (χ3n) is 16.6. The number of phosphoric ester groups is 2. The van der Waals surface area contributed by atoms with Gasteiger partial charge in [-0.2, -0.15) is 0 Å². The summed E-state index contributed by atoms with van der Waals surface area (Å²) in [4.78, 5) is 58.5. The van der Waals surface area contributed by atoms with Crippen LogP contribution in [0.25, 0.3) is 0 Å². The van der Waals surface area contributed by atoms with Crippen molar-refractivity contribution in [3.05, 3.63) is 122 Å². The van der Waals surface area contributed by atoms with Crippen molar-refractivity contribution in [2.75, 3.05) is 39.6 Å². The van der Waals surface area contributed by atoms with Gasteiger partial charge in [0.05, 0.1) is 26.4 Å². The molecule has 0 bridgehead atoms. The fourth-order valence-electron chi connectivity index (χ4n) is 10.6. The van der Waals surface area contributed by atoms with Crippen LogP contribution >= 0.6 is 15.6 Å². The number of hydrogen-bond acceptors (Lipinski definition) is 14. The third-order valence-corrected chi connectivity index (χ3v) is 18.5. The van der Waals surface area contributed by atoms with E-state index in [0.29, 0.717) is 19.3 Å². The standard InChI is InChI=1S/C83H144O16P2/c1-4-7-10-13-16-19-22-24-26-28-30-32-33-34-35-36-37-38-39-40-41-42-43-45-47-48-50-52-55-57-60-63-66-69-81(86)93-72-78(84)73-95-100(89,90)96-74-79(85)75-97-101(91,92)98-77-80(99-83(88)71-68-65-62-59-54-21-18-15-12-9-6-3)76-94-82(87)70-67-64-61-58-56-53-51-49-46-44-31-29-27-25-23-20-17-14-11-8-5-2/h8,11,15-20,24-27,30-32,34-35,44,49,51,78-80,84-85H,4-7,9-10,12-14,21-23,28-29,33,36-43,45-48,50,52-77H2,1-3H3,(H,89,90)(H,91,92)/b11-8-,18-15-,19-16-,20-17-,26-24-,27-25-,32-30-,35-34-,44-31-,51-49-. The topological polar surface area (TPSA) is 231 Å². The number of carbonyl (C=O) groups excluding carboxylic acids is 3. The Kier molecular flexibility index (Phi) is 72.6. The van der Waals surface area contributed by atoms with Crippen LogP contribution < -0.4 is 0 Å². The average Bonchev–Trinajstić information content (AvgIpc) is 0.947. The molecule has 0 saturated carbocycles. The van der Waals surface area contributed by atoms with Crippen molar-refractivity contribution in [1.29, 1.82) is 0 Å². The number of esters is 3. The van der Waals surface area contributed by atoms with Gasteiger partial charge in [-0.3, -0.25) is 32.5 Å². The lowest BCUT2D eigenvalue weighted by Gasteiger charge is -2.21. The zero-order valence-electron chi connectivity index (χ0n) is 63.5. The molecule has 0 heterocycles. The molecule has 0 aromatic heterocycles. The predicted molar refractivity (Wildman–Crippen MR) is 417 cm³/mol. The Balaban J connectivity index is 4.38. The highest BCUT2D eigenvalue weighted by Gasteiger charge is 2.29.